The summed E-state index contributed by atoms with van der Waals surface area (Å²) >= 11 is 0. The number of hydrogen-bond acceptors (Lipinski definition) is 2. The van der Waals surface area contributed by atoms with Crippen molar-refractivity contribution in [3.63, 3.8) is 0 Å². The molecule has 1 heterocycles. The minimum absolute atomic E-state index is 0.716. The number of anilines is 1. The van der Waals surface area contributed by atoms with E-state index >= 15 is 0 Å². The predicted molar refractivity (Wildman–Crippen MR) is 106 cm³/mol. The smallest absolute Gasteiger partial charge is 0.0615 e. The maximum atomic E-state index is 3.79. The average Bonchev–Trinajstić information content (AvgIpc) is 3.02. The zero-order valence-corrected chi connectivity index (χ0v) is 15.6. The van der Waals surface area contributed by atoms with Gasteiger partial charge in [-0.2, -0.15) is 0 Å². The molecule has 1 aliphatic heterocycles. The van der Waals surface area contributed by atoms with E-state index in [1.165, 1.54) is 85.0 Å². The molecule has 1 saturated carbocycles. The minimum atomic E-state index is 0.716. The van der Waals surface area contributed by atoms with E-state index in [1.807, 2.05) is 0 Å². The maximum Gasteiger partial charge on any atom is 0.0615 e. The lowest BCUT2D eigenvalue weighted by molar-refractivity contribution is 0.550. The number of hydrogen-bond donors (Lipinski definition) is 1. The summed E-state index contributed by atoms with van der Waals surface area (Å²) < 4.78 is 0. The van der Waals surface area contributed by atoms with Crippen molar-refractivity contribution in [1.82, 2.24) is 5.01 Å². The van der Waals surface area contributed by atoms with Crippen molar-refractivity contribution in [3.05, 3.63) is 64.5 Å². The fourth-order valence-corrected chi connectivity index (χ4v) is 4.63. The molecule has 2 heteroatoms. The molecule has 0 radical (unpaired) electrons. The molecule has 0 amide bonds. The summed E-state index contributed by atoms with van der Waals surface area (Å²) in [6.07, 6.45) is 19.4. The molecule has 2 aliphatic carbocycles. The van der Waals surface area contributed by atoms with Crippen LogP contribution in [0.1, 0.15) is 74.0 Å². The van der Waals surface area contributed by atoms with Crippen LogP contribution in [0.4, 0.5) is 5.69 Å². The lowest BCUT2D eigenvalue weighted by Crippen LogP contribution is -2.27. The van der Waals surface area contributed by atoms with Gasteiger partial charge in [0.1, 0.15) is 0 Å². The Morgan fingerprint density at radius 2 is 1.88 bits per heavy atom. The molecule has 4 rings (SSSR count). The van der Waals surface area contributed by atoms with E-state index in [-0.39, 0.29) is 0 Å². The molecule has 132 valence electrons. The number of allylic oxidation sites excluding steroid dienone is 4. The Kier molecular flexibility index (Phi) is 4.70. The maximum absolute atomic E-state index is 3.79. The Labute approximate surface area is 152 Å². The highest BCUT2D eigenvalue weighted by Crippen LogP contribution is 2.40. The van der Waals surface area contributed by atoms with Crippen molar-refractivity contribution in [2.75, 3.05) is 5.43 Å². The van der Waals surface area contributed by atoms with Crippen LogP contribution in [0, 0.1) is 13.8 Å². The summed E-state index contributed by atoms with van der Waals surface area (Å²) in [7, 11) is 0. The van der Waals surface area contributed by atoms with Crippen molar-refractivity contribution in [1.29, 1.82) is 0 Å². The number of aryl methyl sites for hydroxylation is 2. The van der Waals surface area contributed by atoms with Gasteiger partial charge in [0, 0.05) is 6.20 Å². The van der Waals surface area contributed by atoms with E-state index in [0.29, 0.717) is 5.92 Å². The molecule has 0 bridgehead atoms. The van der Waals surface area contributed by atoms with Gasteiger partial charge in [0.15, 0.2) is 0 Å². The van der Waals surface area contributed by atoms with E-state index in [1.54, 1.807) is 0 Å². The van der Waals surface area contributed by atoms with Gasteiger partial charge >= 0.3 is 0 Å². The lowest BCUT2D eigenvalue weighted by Gasteiger charge is -2.31. The second kappa shape index (κ2) is 7.11. The number of hydrazine groups is 1. The third kappa shape index (κ3) is 3.40. The fraction of sp³-hybridized carbons (Fsp3) is 0.478. The molecule has 2 nitrogen and oxygen atoms in total. The summed E-state index contributed by atoms with van der Waals surface area (Å²) in [5, 5.41) is 2.26. The third-order valence-electron chi connectivity index (χ3n) is 5.90. The zero-order chi connectivity index (χ0) is 17.2. The summed E-state index contributed by atoms with van der Waals surface area (Å²) in [5.74, 6) is 0.716. The van der Waals surface area contributed by atoms with Crippen LogP contribution in [0.3, 0.4) is 0 Å². The van der Waals surface area contributed by atoms with Gasteiger partial charge in [-0.25, -0.2) is 0 Å². The van der Waals surface area contributed by atoms with Crippen molar-refractivity contribution < 1.29 is 0 Å². The second-order valence-corrected chi connectivity index (χ2v) is 7.88. The van der Waals surface area contributed by atoms with E-state index in [0.717, 1.165) is 0 Å². The van der Waals surface area contributed by atoms with Gasteiger partial charge in [0.2, 0.25) is 0 Å². The van der Waals surface area contributed by atoms with E-state index in [4.69, 9.17) is 0 Å². The Morgan fingerprint density at radius 1 is 1.04 bits per heavy atom. The number of nitrogens with zero attached hydrogens (tertiary/aromatic N) is 1. The van der Waals surface area contributed by atoms with Crippen molar-refractivity contribution in [2.45, 2.75) is 71.1 Å². The van der Waals surface area contributed by atoms with Crippen molar-refractivity contribution in [2.24, 2.45) is 0 Å². The number of benzene rings is 1. The standard InChI is InChI=1S/C23H30N2/c1-17-15-18(2)23(21(16-17)19-9-6-7-10-19)24-25-14-8-12-20-11-4-3-5-13-22(20)25/h8,12-16,19,24H,3-7,9-11H2,1-2H3. The van der Waals surface area contributed by atoms with Crippen molar-refractivity contribution >= 4 is 5.69 Å². The topological polar surface area (TPSA) is 15.3 Å². The molecule has 1 fully saturated rings. The lowest BCUT2D eigenvalue weighted by atomic mass is 9.92. The number of fused-ring (bicyclic) bond motifs is 1. The van der Waals surface area contributed by atoms with Crippen LogP contribution < -0.4 is 5.43 Å². The molecular formula is C23H30N2. The van der Waals surface area contributed by atoms with Crippen LogP contribution in [0.5, 0.6) is 0 Å². The molecule has 1 N–H and O–H groups in total. The number of nitrogens with one attached hydrogen (secondary N) is 1. The average molecular weight is 335 g/mol. The first-order valence-corrected chi connectivity index (χ1v) is 9.97. The summed E-state index contributed by atoms with van der Waals surface area (Å²) in [6, 6.07) is 4.73. The highest BCUT2D eigenvalue weighted by molar-refractivity contribution is 5.61. The Morgan fingerprint density at radius 3 is 2.72 bits per heavy atom. The number of rotatable bonds is 3. The quantitative estimate of drug-likeness (QED) is 0.678. The Bertz CT molecular complexity index is 733. The summed E-state index contributed by atoms with van der Waals surface area (Å²) in [5.41, 5.74) is 12.2. The first kappa shape index (κ1) is 16.5. The van der Waals surface area contributed by atoms with Gasteiger partial charge in [-0.1, -0.05) is 42.7 Å². The van der Waals surface area contributed by atoms with Gasteiger partial charge < -0.3 is 0 Å². The molecule has 1 aromatic rings. The van der Waals surface area contributed by atoms with Gasteiger partial charge in [-0.15, -0.1) is 0 Å². The minimum Gasteiger partial charge on any atom is -0.294 e. The van der Waals surface area contributed by atoms with E-state index in [2.05, 4.69) is 60.8 Å². The molecule has 0 atom stereocenters. The molecule has 3 aliphatic rings. The van der Waals surface area contributed by atoms with E-state index < -0.39 is 0 Å². The first-order chi connectivity index (χ1) is 12.2. The third-order valence-corrected chi connectivity index (χ3v) is 5.90. The first-order valence-electron chi connectivity index (χ1n) is 9.97. The molecule has 0 saturated heterocycles. The van der Waals surface area contributed by atoms with Gasteiger partial charge in [0.25, 0.3) is 0 Å². The molecule has 0 unspecified atom stereocenters. The normalized spacial score (nSPS) is 20.8. The van der Waals surface area contributed by atoms with Gasteiger partial charge in [-0.3, -0.25) is 10.4 Å². The van der Waals surface area contributed by atoms with E-state index in [9.17, 15) is 0 Å². The van der Waals surface area contributed by atoms with Crippen LogP contribution in [0.2, 0.25) is 0 Å². The molecule has 0 aromatic heterocycles. The SMILES string of the molecule is Cc1cc(C)c(NN2C=CC=C3CCCCC=C32)c(C2CCCC2)c1. The summed E-state index contributed by atoms with van der Waals surface area (Å²) in [6.45, 7) is 4.48. The van der Waals surface area contributed by atoms with Crippen LogP contribution in [-0.2, 0) is 0 Å². The van der Waals surface area contributed by atoms with Crippen molar-refractivity contribution in [3.8, 4) is 0 Å². The highest BCUT2D eigenvalue weighted by Gasteiger charge is 2.24. The monoisotopic (exact) mass is 334 g/mol. The van der Waals surface area contributed by atoms with Crippen LogP contribution in [0.15, 0.2) is 47.8 Å². The highest BCUT2D eigenvalue weighted by atomic mass is 15.5. The van der Waals surface area contributed by atoms with Gasteiger partial charge in [-0.05, 0) is 81.1 Å². The van der Waals surface area contributed by atoms with Gasteiger partial charge in [0.05, 0.1) is 11.4 Å². The largest absolute Gasteiger partial charge is 0.294 e. The molecule has 0 spiro atoms. The summed E-state index contributed by atoms with van der Waals surface area (Å²) in [4.78, 5) is 0. The van der Waals surface area contributed by atoms with Crippen LogP contribution >= 0.6 is 0 Å². The molecule has 1 aromatic carbocycles. The Hall–Kier alpha value is -1.96. The molecular weight excluding hydrogens is 304 g/mol. The fourth-order valence-electron chi connectivity index (χ4n) is 4.63. The van der Waals surface area contributed by atoms with Crippen LogP contribution in [0.25, 0.3) is 0 Å². The second-order valence-electron chi connectivity index (χ2n) is 7.88. The predicted octanol–water partition coefficient (Wildman–Crippen LogP) is 6.50. The zero-order valence-electron chi connectivity index (χ0n) is 15.6. The van der Waals surface area contributed by atoms with Crippen LogP contribution in [-0.4, -0.2) is 5.01 Å². The Balaban J connectivity index is 1.67. The molecule has 25 heavy (non-hydrogen) atoms.